The quantitative estimate of drug-likeness (QED) is 0.292. The fourth-order valence-electron chi connectivity index (χ4n) is 4.27. The van der Waals surface area contributed by atoms with Crippen LogP contribution in [0.15, 0.2) is 60.8 Å². The molecule has 5 heteroatoms. The molecule has 4 rings (SSSR count). The second kappa shape index (κ2) is 10.2. The molecule has 4 aromatic rings. The van der Waals surface area contributed by atoms with Gasteiger partial charge < -0.3 is 14.8 Å². The number of nitrogens with one attached hydrogen (secondary N) is 1. The number of para-hydroxylation sites is 1. The van der Waals surface area contributed by atoms with Gasteiger partial charge in [-0.05, 0) is 62.3 Å². The monoisotopic (exact) mass is 434 g/mol. The second-order valence-corrected chi connectivity index (χ2v) is 8.38. The van der Waals surface area contributed by atoms with Crippen LogP contribution in [-0.4, -0.2) is 40.6 Å². The molecule has 0 fully saturated rings. The highest BCUT2D eigenvalue weighted by Gasteiger charge is 2.15. The molecule has 0 amide bonds. The Hall–Kier alpha value is -2.56. The fraction of sp³-hybridized carbons (Fsp3) is 0.346. The largest absolute Gasteiger partial charge is 0.368 e. The third-order valence-corrected chi connectivity index (χ3v) is 6.27. The number of aromatic nitrogens is 2. The molecule has 0 saturated carbocycles. The van der Waals surface area contributed by atoms with Gasteiger partial charge in [-0.1, -0.05) is 55.8 Å². The Morgan fingerprint density at radius 2 is 1.71 bits per heavy atom. The number of benzene rings is 2. The predicted octanol–water partition coefficient (Wildman–Crippen LogP) is 6.43. The molecular formula is C26H31ClN4. The molecule has 4 nitrogen and oxygen atoms in total. The average Bonchev–Trinajstić information content (AvgIpc) is 3.12. The maximum atomic E-state index is 6.10. The van der Waals surface area contributed by atoms with E-state index in [-0.39, 0.29) is 0 Å². The van der Waals surface area contributed by atoms with E-state index < -0.39 is 0 Å². The number of unbranched alkanes of at least 4 members (excludes halogenated alkanes) is 1. The summed E-state index contributed by atoms with van der Waals surface area (Å²) in [6.45, 7) is 9.56. The highest BCUT2D eigenvalue weighted by molar-refractivity contribution is 6.30. The van der Waals surface area contributed by atoms with Gasteiger partial charge in [0, 0.05) is 40.6 Å². The Labute approximate surface area is 189 Å². The topological polar surface area (TPSA) is 33.1 Å². The first-order valence-corrected chi connectivity index (χ1v) is 11.7. The van der Waals surface area contributed by atoms with E-state index in [1.165, 1.54) is 33.8 Å². The number of hydrogen-bond acceptors (Lipinski definition) is 3. The van der Waals surface area contributed by atoms with Crippen molar-refractivity contribution in [3.05, 3.63) is 71.4 Å². The number of fused-ring (bicyclic) bond motifs is 3. The minimum atomic E-state index is 0.764. The van der Waals surface area contributed by atoms with Crippen molar-refractivity contribution < 1.29 is 0 Å². The molecule has 0 radical (unpaired) electrons. The molecule has 2 aromatic carbocycles. The standard InChI is InChI=1S/C26H31ClN4/c1-3-30(4-2)18-8-7-16-28-26-25-23(15-17-29-26)22-9-5-6-10-24(22)31(25)19-20-11-13-21(27)14-12-20/h5-6,9-15,17H,3-4,7-8,16,18-19H2,1-2H3,(H,28,29). The van der Waals surface area contributed by atoms with Crippen LogP contribution in [0.4, 0.5) is 5.82 Å². The lowest BCUT2D eigenvalue weighted by atomic mass is 10.2. The zero-order valence-electron chi connectivity index (χ0n) is 18.4. The fourth-order valence-corrected chi connectivity index (χ4v) is 4.40. The molecule has 0 spiro atoms. The molecule has 0 bridgehead atoms. The molecular weight excluding hydrogens is 404 g/mol. The molecule has 162 valence electrons. The highest BCUT2D eigenvalue weighted by atomic mass is 35.5. The van der Waals surface area contributed by atoms with Crippen LogP contribution in [-0.2, 0) is 6.54 Å². The van der Waals surface area contributed by atoms with Crippen molar-refractivity contribution in [3.8, 4) is 0 Å². The molecule has 0 saturated heterocycles. The second-order valence-electron chi connectivity index (χ2n) is 7.95. The summed E-state index contributed by atoms with van der Waals surface area (Å²) in [5, 5.41) is 6.89. The summed E-state index contributed by atoms with van der Waals surface area (Å²) in [6, 6.07) is 18.8. The molecule has 0 atom stereocenters. The van der Waals surface area contributed by atoms with Crippen molar-refractivity contribution in [2.45, 2.75) is 33.2 Å². The van der Waals surface area contributed by atoms with Crippen LogP contribution in [0.2, 0.25) is 5.02 Å². The van der Waals surface area contributed by atoms with Crippen LogP contribution in [0.5, 0.6) is 0 Å². The van der Waals surface area contributed by atoms with Gasteiger partial charge in [0.25, 0.3) is 0 Å². The van der Waals surface area contributed by atoms with E-state index >= 15 is 0 Å². The predicted molar refractivity (Wildman–Crippen MR) is 133 cm³/mol. The van der Waals surface area contributed by atoms with E-state index in [0.717, 1.165) is 50.0 Å². The van der Waals surface area contributed by atoms with E-state index in [0.29, 0.717) is 0 Å². The van der Waals surface area contributed by atoms with Gasteiger partial charge in [0.15, 0.2) is 5.82 Å². The van der Waals surface area contributed by atoms with Crippen LogP contribution < -0.4 is 5.32 Å². The normalized spacial score (nSPS) is 11.6. The minimum absolute atomic E-state index is 0.764. The Balaban J connectivity index is 1.61. The van der Waals surface area contributed by atoms with Gasteiger partial charge in [0.1, 0.15) is 0 Å². The Morgan fingerprint density at radius 3 is 2.48 bits per heavy atom. The average molecular weight is 435 g/mol. The Morgan fingerprint density at radius 1 is 0.935 bits per heavy atom. The maximum absolute atomic E-state index is 6.10. The Bertz CT molecular complexity index is 1130. The van der Waals surface area contributed by atoms with Gasteiger partial charge in [-0.25, -0.2) is 4.98 Å². The third-order valence-electron chi connectivity index (χ3n) is 6.02. The van der Waals surface area contributed by atoms with Crippen molar-refractivity contribution in [1.82, 2.24) is 14.5 Å². The van der Waals surface area contributed by atoms with Gasteiger partial charge in [-0.3, -0.25) is 0 Å². The zero-order valence-corrected chi connectivity index (χ0v) is 19.2. The molecule has 31 heavy (non-hydrogen) atoms. The summed E-state index contributed by atoms with van der Waals surface area (Å²) in [4.78, 5) is 7.20. The highest BCUT2D eigenvalue weighted by Crippen LogP contribution is 2.33. The van der Waals surface area contributed by atoms with Crippen LogP contribution in [0.3, 0.4) is 0 Å². The van der Waals surface area contributed by atoms with Crippen LogP contribution in [0, 0.1) is 0 Å². The molecule has 2 aromatic heterocycles. The van der Waals surface area contributed by atoms with Gasteiger partial charge in [-0.15, -0.1) is 0 Å². The first-order chi connectivity index (χ1) is 15.2. The van der Waals surface area contributed by atoms with E-state index in [1.807, 2.05) is 18.3 Å². The SMILES string of the molecule is CCN(CC)CCCCNc1nccc2c3ccccc3n(Cc3ccc(Cl)cc3)c12. The summed E-state index contributed by atoms with van der Waals surface area (Å²) in [6.07, 6.45) is 4.24. The number of pyridine rings is 1. The molecule has 0 aliphatic rings. The van der Waals surface area contributed by atoms with Gasteiger partial charge in [0.2, 0.25) is 0 Å². The van der Waals surface area contributed by atoms with Crippen LogP contribution in [0.25, 0.3) is 21.8 Å². The number of nitrogens with zero attached hydrogens (tertiary/aromatic N) is 3. The van der Waals surface area contributed by atoms with Gasteiger partial charge >= 0.3 is 0 Å². The summed E-state index contributed by atoms with van der Waals surface area (Å²) < 4.78 is 2.37. The first kappa shape index (κ1) is 21.7. The van der Waals surface area contributed by atoms with Gasteiger partial charge in [0.05, 0.1) is 5.52 Å². The summed E-state index contributed by atoms with van der Waals surface area (Å²) >= 11 is 6.10. The Kier molecular flexibility index (Phi) is 7.10. The minimum Gasteiger partial charge on any atom is -0.368 e. The lowest BCUT2D eigenvalue weighted by Gasteiger charge is -2.17. The summed E-state index contributed by atoms with van der Waals surface area (Å²) in [5.74, 6) is 0.963. The third kappa shape index (κ3) is 4.86. The molecule has 0 aliphatic carbocycles. The van der Waals surface area contributed by atoms with E-state index in [2.05, 4.69) is 71.1 Å². The number of anilines is 1. The van der Waals surface area contributed by atoms with E-state index in [4.69, 9.17) is 16.6 Å². The number of rotatable bonds is 10. The molecule has 0 aliphatic heterocycles. The molecule has 2 heterocycles. The zero-order chi connectivity index (χ0) is 21.6. The van der Waals surface area contributed by atoms with E-state index in [1.54, 1.807) is 0 Å². The van der Waals surface area contributed by atoms with Crippen LogP contribution >= 0.6 is 11.6 Å². The van der Waals surface area contributed by atoms with Crippen LogP contribution in [0.1, 0.15) is 32.3 Å². The lowest BCUT2D eigenvalue weighted by Crippen LogP contribution is -2.24. The number of halogens is 1. The smallest absolute Gasteiger partial charge is 0.150 e. The first-order valence-electron chi connectivity index (χ1n) is 11.3. The number of hydrogen-bond donors (Lipinski definition) is 1. The van der Waals surface area contributed by atoms with Crippen molar-refractivity contribution >= 4 is 39.2 Å². The van der Waals surface area contributed by atoms with Gasteiger partial charge in [-0.2, -0.15) is 0 Å². The van der Waals surface area contributed by atoms with E-state index in [9.17, 15) is 0 Å². The van der Waals surface area contributed by atoms with Crippen molar-refractivity contribution in [1.29, 1.82) is 0 Å². The van der Waals surface area contributed by atoms with Crippen molar-refractivity contribution in [3.63, 3.8) is 0 Å². The maximum Gasteiger partial charge on any atom is 0.150 e. The van der Waals surface area contributed by atoms with Crippen molar-refractivity contribution in [2.75, 3.05) is 31.5 Å². The summed E-state index contributed by atoms with van der Waals surface area (Å²) in [7, 11) is 0. The molecule has 0 unspecified atom stereocenters. The molecule has 1 N–H and O–H groups in total. The lowest BCUT2D eigenvalue weighted by molar-refractivity contribution is 0.298. The summed E-state index contributed by atoms with van der Waals surface area (Å²) in [5.41, 5.74) is 3.62. The van der Waals surface area contributed by atoms with Crippen molar-refractivity contribution in [2.24, 2.45) is 0 Å².